The van der Waals surface area contributed by atoms with Crippen LogP contribution in [0, 0.1) is 0 Å². The van der Waals surface area contributed by atoms with Crippen molar-refractivity contribution in [3.63, 3.8) is 0 Å². The van der Waals surface area contributed by atoms with Crippen LogP contribution < -0.4 is 5.73 Å². The van der Waals surface area contributed by atoms with Crippen LogP contribution >= 0.6 is 27.3 Å². The lowest BCUT2D eigenvalue weighted by atomic mass is 10.2. The topological polar surface area (TPSA) is 109 Å². The summed E-state index contributed by atoms with van der Waals surface area (Å²) in [6.45, 7) is 8.10. The number of aryl methyl sites for hydroxylation is 1. The lowest BCUT2D eigenvalue weighted by Gasteiger charge is -2.06. The fourth-order valence-electron chi connectivity index (χ4n) is 1.85. The number of Topliss-reactive ketones (excluding diaryl/α,β-unsaturated/α-hetero) is 1. The Labute approximate surface area is 166 Å². The molecule has 26 heavy (non-hydrogen) atoms. The van der Waals surface area contributed by atoms with Crippen molar-refractivity contribution in [1.82, 2.24) is 4.98 Å². The Kier molecular flexibility index (Phi) is 12.9. The summed E-state index contributed by atoms with van der Waals surface area (Å²) < 4.78 is 9.57. The summed E-state index contributed by atoms with van der Waals surface area (Å²) in [5.74, 6) is -0.919. The number of esters is 2. The molecule has 9 heteroatoms. The second-order valence-electron chi connectivity index (χ2n) is 5.13. The van der Waals surface area contributed by atoms with Crippen LogP contribution in [-0.2, 0) is 25.5 Å². The summed E-state index contributed by atoms with van der Waals surface area (Å²) >= 11 is 4.18. The van der Waals surface area contributed by atoms with E-state index in [2.05, 4.69) is 25.7 Å². The van der Waals surface area contributed by atoms with Gasteiger partial charge in [0.25, 0.3) is 0 Å². The van der Waals surface area contributed by atoms with Crippen molar-refractivity contribution in [3.05, 3.63) is 10.6 Å². The first kappa shape index (κ1) is 24.5. The van der Waals surface area contributed by atoms with Crippen molar-refractivity contribution >= 4 is 50.1 Å². The van der Waals surface area contributed by atoms with Crippen LogP contribution in [0.1, 0.15) is 62.3 Å². The lowest BCUT2D eigenvalue weighted by molar-refractivity contribution is -0.144. The van der Waals surface area contributed by atoms with Gasteiger partial charge in [-0.1, -0.05) is 47.5 Å². The van der Waals surface area contributed by atoms with Crippen molar-refractivity contribution in [1.29, 1.82) is 0 Å². The molecule has 0 aliphatic carbocycles. The largest absolute Gasteiger partial charge is 0.465 e. The zero-order valence-corrected chi connectivity index (χ0v) is 18.1. The molecule has 0 amide bonds. The van der Waals surface area contributed by atoms with E-state index in [9.17, 15) is 14.4 Å². The summed E-state index contributed by atoms with van der Waals surface area (Å²) in [5.41, 5.74) is 6.30. The molecule has 1 aromatic rings. The van der Waals surface area contributed by atoms with Gasteiger partial charge in [0.05, 0.1) is 18.9 Å². The van der Waals surface area contributed by atoms with Crippen molar-refractivity contribution in [3.8, 4) is 0 Å². The number of thiazole rings is 1. The Bertz CT molecular complexity index is 574. The highest BCUT2D eigenvalue weighted by Gasteiger charge is 2.23. The molecule has 1 unspecified atom stereocenters. The molecule has 1 aromatic heterocycles. The van der Waals surface area contributed by atoms with E-state index >= 15 is 0 Å². The van der Waals surface area contributed by atoms with E-state index in [-0.39, 0.29) is 11.8 Å². The normalized spacial score (nSPS) is 11.1. The highest BCUT2D eigenvalue weighted by molar-refractivity contribution is 9.10. The smallest absolute Gasteiger partial charge is 0.350 e. The summed E-state index contributed by atoms with van der Waals surface area (Å²) in [5, 5.41) is 0.427. The van der Waals surface area contributed by atoms with Gasteiger partial charge in [-0.3, -0.25) is 9.59 Å². The molecule has 1 rings (SSSR count). The standard InChI is InChI=1S/C9H14N2O2S.C8H13BrO3/c1-3-5-6-7(8(12)13-4-2)14-9(10)11-6;1-3-5-6(10)7(9)8(11)12-4-2/h3-5H2,1-2H3,(H2,10,11);7H,3-5H2,1-2H3. The molecule has 0 saturated carbocycles. The maximum absolute atomic E-state index is 11.4. The number of anilines is 1. The Morgan fingerprint density at radius 2 is 1.73 bits per heavy atom. The van der Waals surface area contributed by atoms with Gasteiger partial charge >= 0.3 is 11.9 Å². The minimum Gasteiger partial charge on any atom is -0.465 e. The fraction of sp³-hybridized carbons (Fsp3) is 0.647. The quantitative estimate of drug-likeness (QED) is 0.348. The number of aromatic nitrogens is 1. The van der Waals surface area contributed by atoms with E-state index in [1.54, 1.807) is 13.8 Å². The molecular formula is C17H27BrN2O5S. The number of ketones is 1. The first-order chi connectivity index (χ1) is 12.3. The zero-order valence-electron chi connectivity index (χ0n) is 15.7. The van der Waals surface area contributed by atoms with Gasteiger partial charge in [0, 0.05) is 6.42 Å². The second-order valence-corrected chi connectivity index (χ2v) is 7.08. The number of carbonyl (C=O) groups excluding carboxylic acids is 3. The summed E-state index contributed by atoms with van der Waals surface area (Å²) in [6, 6.07) is 0. The Morgan fingerprint density at radius 3 is 2.23 bits per heavy atom. The third kappa shape index (κ3) is 8.75. The van der Waals surface area contributed by atoms with Gasteiger partial charge in [-0.2, -0.15) is 0 Å². The molecule has 0 aliphatic heterocycles. The van der Waals surface area contributed by atoms with Crippen molar-refractivity contribution in [2.45, 2.75) is 58.2 Å². The summed E-state index contributed by atoms with van der Waals surface area (Å²) in [6.07, 6.45) is 2.87. The molecule has 7 nitrogen and oxygen atoms in total. The van der Waals surface area contributed by atoms with Crippen LogP contribution in [0.4, 0.5) is 5.13 Å². The molecule has 0 aromatic carbocycles. The third-order valence-electron chi connectivity index (χ3n) is 2.93. The third-order valence-corrected chi connectivity index (χ3v) is 4.73. The highest BCUT2D eigenvalue weighted by Crippen LogP contribution is 2.22. The summed E-state index contributed by atoms with van der Waals surface area (Å²) in [7, 11) is 0. The molecule has 0 spiro atoms. The number of alkyl halides is 1. The molecular weight excluding hydrogens is 424 g/mol. The average molecular weight is 451 g/mol. The van der Waals surface area contributed by atoms with Gasteiger partial charge in [-0.15, -0.1) is 0 Å². The van der Waals surface area contributed by atoms with E-state index in [1.165, 1.54) is 11.3 Å². The predicted molar refractivity (Wildman–Crippen MR) is 106 cm³/mol. The number of rotatable bonds is 9. The maximum atomic E-state index is 11.4. The number of halogens is 1. The van der Waals surface area contributed by atoms with Crippen molar-refractivity contribution < 1.29 is 23.9 Å². The van der Waals surface area contributed by atoms with Crippen molar-refractivity contribution in [2.75, 3.05) is 18.9 Å². The molecule has 0 saturated heterocycles. The number of nitrogens with two attached hydrogens (primary N) is 1. The first-order valence-corrected chi connectivity index (χ1v) is 10.3. The van der Waals surface area contributed by atoms with Gasteiger partial charge in [0.2, 0.25) is 0 Å². The van der Waals surface area contributed by atoms with Crippen LogP contribution in [0.3, 0.4) is 0 Å². The summed E-state index contributed by atoms with van der Waals surface area (Å²) in [4.78, 5) is 37.4. The Balaban J connectivity index is 0.000000488. The molecule has 0 fully saturated rings. The lowest BCUT2D eigenvalue weighted by Crippen LogP contribution is -2.26. The SMILES string of the molecule is CCCC(=O)C(Br)C(=O)OCC.CCCc1nc(N)sc1C(=O)OCC. The van der Waals surface area contributed by atoms with E-state index in [4.69, 9.17) is 10.5 Å². The molecule has 0 bridgehead atoms. The van der Waals surface area contributed by atoms with Crippen LogP contribution in [0.15, 0.2) is 0 Å². The number of nitrogen functional groups attached to an aromatic ring is 1. The molecule has 148 valence electrons. The number of ether oxygens (including phenoxy) is 2. The minimum atomic E-state index is -0.780. The van der Waals surface area contributed by atoms with Gasteiger partial charge < -0.3 is 15.2 Å². The Morgan fingerprint density at radius 1 is 1.12 bits per heavy atom. The number of carbonyl (C=O) groups is 3. The van der Waals surface area contributed by atoms with Crippen LogP contribution in [0.25, 0.3) is 0 Å². The van der Waals surface area contributed by atoms with Crippen LogP contribution in [0.2, 0.25) is 0 Å². The second kappa shape index (κ2) is 13.7. The van der Waals surface area contributed by atoms with E-state index < -0.39 is 10.8 Å². The average Bonchev–Trinajstić information content (AvgIpc) is 2.96. The maximum Gasteiger partial charge on any atom is 0.350 e. The van der Waals surface area contributed by atoms with Gasteiger partial charge in [-0.25, -0.2) is 9.78 Å². The molecule has 0 aliphatic rings. The minimum absolute atomic E-state index is 0.115. The molecule has 0 radical (unpaired) electrons. The monoisotopic (exact) mass is 450 g/mol. The van der Waals surface area contributed by atoms with Crippen LogP contribution in [-0.4, -0.2) is 40.7 Å². The van der Waals surface area contributed by atoms with Gasteiger partial charge in [0.15, 0.2) is 15.7 Å². The molecule has 2 N–H and O–H groups in total. The molecule has 1 heterocycles. The van der Waals surface area contributed by atoms with Gasteiger partial charge in [-0.05, 0) is 26.7 Å². The number of hydrogen-bond acceptors (Lipinski definition) is 8. The van der Waals surface area contributed by atoms with Crippen LogP contribution in [0.5, 0.6) is 0 Å². The van der Waals surface area contributed by atoms with E-state index in [0.717, 1.165) is 25.0 Å². The Hall–Kier alpha value is -1.48. The van der Waals surface area contributed by atoms with E-state index in [1.807, 2.05) is 13.8 Å². The number of nitrogens with zero attached hydrogens (tertiary/aromatic N) is 1. The zero-order chi connectivity index (χ0) is 20.1. The predicted octanol–water partition coefficient (Wildman–Crippen LogP) is 3.54. The molecule has 1 atom stereocenters. The number of hydrogen-bond donors (Lipinski definition) is 1. The first-order valence-electron chi connectivity index (χ1n) is 8.57. The highest BCUT2D eigenvalue weighted by atomic mass is 79.9. The fourth-order valence-corrected chi connectivity index (χ4v) is 2.99. The van der Waals surface area contributed by atoms with Crippen molar-refractivity contribution in [2.24, 2.45) is 0 Å². The van der Waals surface area contributed by atoms with Gasteiger partial charge in [0.1, 0.15) is 4.88 Å². The van der Waals surface area contributed by atoms with E-state index in [0.29, 0.717) is 29.6 Å².